The highest BCUT2D eigenvalue weighted by Gasteiger charge is 2.14. The number of fused-ring (bicyclic) bond motifs is 1. The lowest BCUT2D eigenvalue weighted by atomic mass is 10.1. The van der Waals surface area contributed by atoms with Crippen LogP contribution in [-0.4, -0.2) is 23.2 Å². The Morgan fingerprint density at radius 2 is 1.87 bits per heavy atom. The predicted octanol–water partition coefficient (Wildman–Crippen LogP) is 4.05. The molecule has 23 heavy (non-hydrogen) atoms. The number of nitrogens with one attached hydrogen (secondary N) is 2. The number of hydrogen-bond donors (Lipinski definition) is 2. The SMILES string of the molecule is O=C(NCCCn1ccc2ccccc21)NC1CCCCCC1. The van der Waals surface area contributed by atoms with Crippen molar-refractivity contribution in [3.05, 3.63) is 36.5 Å². The summed E-state index contributed by atoms with van der Waals surface area (Å²) in [4.78, 5) is 12.0. The molecular weight excluding hydrogens is 286 g/mol. The highest BCUT2D eigenvalue weighted by atomic mass is 16.2. The second-order valence-corrected chi connectivity index (χ2v) is 6.51. The molecule has 1 aromatic carbocycles. The van der Waals surface area contributed by atoms with Crippen LogP contribution in [0, 0.1) is 0 Å². The summed E-state index contributed by atoms with van der Waals surface area (Å²) in [5.74, 6) is 0. The molecule has 0 radical (unpaired) electrons. The second-order valence-electron chi connectivity index (χ2n) is 6.51. The molecule has 1 heterocycles. The average Bonchev–Trinajstić information content (AvgIpc) is 2.80. The Morgan fingerprint density at radius 1 is 1.09 bits per heavy atom. The minimum Gasteiger partial charge on any atom is -0.347 e. The monoisotopic (exact) mass is 313 g/mol. The van der Waals surface area contributed by atoms with Crippen molar-refractivity contribution in [2.75, 3.05) is 6.54 Å². The summed E-state index contributed by atoms with van der Waals surface area (Å²) in [5.41, 5.74) is 1.26. The fourth-order valence-electron chi connectivity index (χ4n) is 3.45. The third-order valence-corrected chi connectivity index (χ3v) is 4.73. The number of aromatic nitrogens is 1. The van der Waals surface area contributed by atoms with E-state index in [-0.39, 0.29) is 6.03 Å². The highest BCUT2D eigenvalue weighted by molar-refractivity contribution is 5.79. The van der Waals surface area contributed by atoms with Gasteiger partial charge in [0.1, 0.15) is 0 Å². The van der Waals surface area contributed by atoms with Crippen LogP contribution in [0.2, 0.25) is 0 Å². The summed E-state index contributed by atoms with van der Waals surface area (Å²) in [6.45, 7) is 1.64. The summed E-state index contributed by atoms with van der Waals surface area (Å²) in [6, 6.07) is 10.9. The molecule has 124 valence electrons. The lowest BCUT2D eigenvalue weighted by molar-refractivity contribution is 0.235. The Balaban J connectivity index is 1.38. The van der Waals surface area contributed by atoms with Crippen molar-refractivity contribution in [3.63, 3.8) is 0 Å². The zero-order chi connectivity index (χ0) is 15.9. The number of benzene rings is 1. The van der Waals surface area contributed by atoms with Gasteiger partial charge >= 0.3 is 6.03 Å². The van der Waals surface area contributed by atoms with E-state index >= 15 is 0 Å². The Kier molecular flexibility index (Phi) is 5.56. The number of amides is 2. The van der Waals surface area contributed by atoms with Crippen LogP contribution in [0.15, 0.2) is 36.5 Å². The first-order chi connectivity index (χ1) is 11.3. The molecule has 0 aliphatic heterocycles. The molecule has 0 atom stereocenters. The zero-order valence-corrected chi connectivity index (χ0v) is 13.8. The van der Waals surface area contributed by atoms with Gasteiger partial charge in [-0.05, 0) is 36.8 Å². The Bertz CT molecular complexity index is 626. The second kappa shape index (κ2) is 8.04. The molecule has 2 aromatic rings. The van der Waals surface area contributed by atoms with E-state index in [4.69, 9.17) is 0 Å². The van der Waals surface area contributed by atoms with Crippen molar-refractivity contribution in [3.8, 4) is 0 Å². The number of aryl methyl sites for hydroxylation is 1. The fraction of sp³-hybridized carbons (Fsp3) is 0.526. The first kappa shape index (κ1) is 15.9. The number of carbonyl (C=O) groups excluding carboxylic acids is 1. The van der Waals surface area contributed by atoms with E-state index in [1.807, 2.05) is 0 Å². The quantitative estimate of drug-likeness (QED) is 0.635. The molecule has 4 nitrogen and oxygen atoms in total. The highest BCUT2D eigenvalue weighted by Crippen LogP contribution is 2.17. The molecule has 3 rings (SSSR count). The van der Waals surface area contributed by atoms with Gasteiger partial charge in [0.2, 0.25) is 0 Å². The van der Waals surface area contributed by atoms with Gasteiger partial charge in [0.05, 0.1) is 0 Å². The molecular formula is C19H27N3O. The number of nitrogens with zero attached hydrogens (tertiary/aromatic N) is 1. The molecule has 1 aliphatic carbocycles. The van der Waals surface area contributed by atoms with Crippen LogP contribution in [0.25, 0.3) is 10.9 Å². The summed E-state index contributed by atoms with van der Waals surface area (Å²) in [7, 11) is 0. The lowest BCUT2D eigenvalue weighted by Gasteiger charge is -2.16. The van der Waals surface area contributed by atoms with Gasteiger partial charge in [0, 0.05) is 30.8 Å². The van der Waals surface area contributed by atoms with Crippen LogP contribution in [0.5, 0.6) is 0 Å². The minimum absolute atomic E-state index is 0.00531. The van der Waals surface area contributed by atoms with E-state index < -0.39 is 0 Å². The van der Waals surface area contributed by atoms with Crippen molar-refractivity contribution >= 4 is 16.9 Å². The van der Waals surface area contributed by atoms with E-state index in [2.05, 4.69) is 51.7 Å². The Hall–Kier alpha value is -1.97. The molecule has 0 unspecified atom stereocenters. The van der Waals surface area contributed by atoms with E-state index in [1.165, 1.54) is 36.6 Å². The van der Waals surface area contributed by atoms with Gasteiger partial charge in [0.15, 0.2) is 0 Å². The van der Waals surface area contributed by atoms with Gasteiger partial charge in [-0.1, -0.05) is 43.9 Å². The summed E-state index contributed by atoms with van der Waals surface area (Å²) >= 11 is 0. The summed E-state index contributed by atoms with van der Waals surface area (Å²) < 4.78 is 2.25. The largest absolute Gasteiger partial charge is 0.347 e. The Labute approximate surface area is 138 Å². The molecule has 1 aromatic heterocycles. The van der Waals surface area contributed by atoms with Crippen molar-refractivity contribution in [2.45, 2.75) is 57.5 Å². The van der Waals surface area contributed by atoms with Crippen molar-refractivity contribution in [2.24, 2.45) is 0 Å². The number of urea groups is 1. The van der Waals surface area contributed by atoms with Gasteiger partial charge in [-0.15, -0.1) is 0 Å². The Morgan fingerprint density at radius 3 is 2.70 bits per heavy atom. The molecule has 2 amide bonds. The molecule has 0 bridgehead atoms. The zero-order valence-electron chi connectivity index (χ0n) is 13.8. The van der Waals surface area contributed by atoms with Gasteiger partial charge in [-0.3, -0.25) is 0 Å². The maximum absolute atomic E-state index is 12.0. The lowest BCUT2D eigenvalue weighted by Crippen LogP contribution is -2.42. The first-order valence-corrected chi connectivity index (χ1v) is 8.91. The molecule has 1 saturated carbocycles. The standard InChI is InChI=1S/C19H27N3O/c23-19(21-17-9-3-1-2-4-10-17)20-13-7-14-22-15-12-16-8-5-6-11-18(16)22/h5-6,8,11-12,15,17H,1-4,7,9-10,13-14H2,(H2,20,21,23). The maximum atomic E-state index is 12.0. The molecule has 0 saturated heterocycles. The predicted molar refractivity (Wildman–Crippen MR) is 94.6 cm³/mol. The molecule has 4 heteroatoms. The third-order valence-electron chi connectivity index (χ3n) is 4.73. The average molecular weight is 313 g/mol. The van der Waals surface area contributed by atoms with Gasteiger partial charge < -0.3 is 15.2 Å². The number of rotatable bonds is 5. The fourth-order valence-corrected chi connectivity index (χ4v) is 3.45. The summed E-state index contributed by atoms with van der Waals surface area (Å²) in [6.07, 6.45) is 10.4. The third kappa shape index (κ3) is 4.50. The number of carbonyl (C=O) groups is 1. The summed E-state index contributed by atoms with van der Waals surface area (Å²) in [5, 5.41) is 7.39. The van der Waals surface area contributed by atoms with E-state index in [0.29, 0.717) is 12.6 Å². The molecule has 1 aliphatic rings. The van der Waals surface area contributed by atoms with Crippen LogP contribution in [-0.2, 0) is 6.54 Å². The van der Waals surface area contributed by atoms with Gasteiger partial charge in [-0.2, -0.15) is 0 Å². The van der Waals surface area contributed by atoms with Crippen LogP contribution in [0.4, 0.5) is 4.79 Å². The van der Waals surface area contributed by atoms with Crippen LogP contribution >= 0.6 is 0 Å². The van der Waals surface area contributed by atoms with Crippen LogP contribution in [0.1, 0.15) is 44.9 Å². The molecule has 2 N–H and O–H groups in total. The topological polar surface area (TPSA) is 46.1 Å². The van der Waals surface area contributed by atoms with Gasteiger partial charge in [0.25, 0.3) is 0 Å². The smallest absolute Gasteiger partial charge is 0.315 e. The minimum atomic E-state index is -0.00531. The van der Waals surface area contributed by atoms with Crippen LogP contribution in [0.3, 0.4) is 0 Å². The molecule has 1 fully saturated rings. The van der Waals surface area contributed by atoms with Crippen LogP contribution < -0.4 is 10.6 Å². The number of hydrogen-bond acceptors (Lipinski definition) is 1. The number of para-hydroxylation sites is 1. The van der Waals surface area contributed by atoms with Crippen molar-refractivity contribution in [1.82, 2.24) is 15.2 Å². The normalized spacial score (nSPS) is 16.2. The van der Waals surface area contributed by atoms with E-state index in [1.54, 1.807) is 0 Å². The molecule has 0 spiro atoms. The van der Waals surface area contributed by atoms with Gasteiger partial charge in [-0.25, -0.2) is 4.79 Å². The van der Waals surface area contributed by atoms with Crippen molar-refractivity contribution in [1.29, 1.82) is 0 Å². The van der Waals surface area contributed by atoms with E-state index in [0.717, 1.165) is 25.8 Å². The maximum Gasteiger partial charge on any atom is 0.315 e. The first-order valence-electron chi connectivity index (χ1n) is 8.91. The van der Waals surface area contributed by atoms with Crippen molar-refractivity contribution < 1.29 is 4.79 Å². The van der Waals surface area contributed by atoms with E-state index in [9.17, 15) is 4.79 Å².